The van der Waals surface area contributed by atoms with E-state index in [-0.39, 0.29) is 0 Å². The van der Waals surface area contributed by atoms with Crippen molar-refractivity contribution in [1.29, 1.82) is 0 Å². The van der Waals surface area contributed by atoms with Crippen molar-refractivity contribution in [3.05, 3.63) is 127 Å². The largest absolute Gasteiger partial charge is 0.497 e. The van der Waals surface area contributed by atoms with Crippen molar-refractivity contribution in [3.8, 4) is 58.6 Å². The average molecular weight is 569 g/mol. The summed E-state index contributed by atoms with van der Waals surface area (Å²) >= 11 is 3.50. The van der Waals surface area contributed by atoms with E-state index in [4.69, 9.17) is 4.74 Å². The van der Waals surface area contributed by atoms with Crippen LogP contribution < -0.4 is 4.74 Å². The fraction of sp³-hybridized carbons (Fsp3) is 0.0588. The molecule has 0 aliphatic carbocycles. The minimum atomic E-state index is -4.33. The van der Waals surface area contributed by atoms with Crippen LogP contribution in [0.1, 0.15) is 5.56 Å². The van der Waals surface area contributed by atoms with Crippen LogP contribution in [0.25, 0.3) is 52.9 Å². The lowest BCUT2D eigenvalue weighted by Crippen LogP contribution is -2.03. The van der Waals surface area contributed by atoms with Crippen molar-refractivity contribution in [1.82, 2.24) is 0 Å². The number of hydrogen-bond acceptors (Lipinski definition) is 3. The zero-order valence-corrected chi connectivity index (χ0v) is 23.0. The Morgan fingerprint density at radius 2 is 0.750 bits per heavy atom. The smallest absolute Gasteiger partial charge is 0.416 e. The molecule has 0 saturated carbocycles. The molecule has 0 aliphatic heterocycles. The maximum Gasteiger partial charge on any atom is 0.416 e. The predicted octanol–water partition coefficient (Wildman–Crippen LogP) is 11.2. The lowest BCUT2D eigenvalue weighted by Gasteiger charge is -2.08. The highest BCUT2D eigenvalue weighted by Gasteiger charge is 2.29. The van der Waals surface area contributed by atoms with Gasteiger partial charge in [-0.3, -0.25) is 0 Å². The summed E-state index contributed by atoms with van der Waals surface area (Å²) < 4.78 is 43.9. The molecule has 0 atom stereocenters. The summed E-state index contributed by atoms with van der Waals surface area (Å²) in [6.07, 6.45) is -4.33. The summed E-state index contributed by atoms with van der Waals surface area (Å²) in [5.41, 5.74) is 5.58. The molecule has 0 amide bonds. The molecule has 2 aromatic heterocycles. The third-order valence-electron chi connectivity index (χ3n) is 6.76. The van der Waals surface area contributed by atoms with Crippen molar-refractivity contribution in [2.24, 2.45) is 0 Å². The van der Waals surface area contributed by atoms with E-state index >= 15 is 0 Å². The number of thiophene rings is 2. The first-order chi connectivity index (χ1) is 19.4. The van der Waals surface area contributed by atoms with Gasteiger partial charge in [-0.05, 0) is 81.9 Å². The Morgan fingerprint density at radius 1 is 0.425 bits per heavy atom. The maximum atomic E-state index is 12.9. The highest BCUT2D eigenvalue weighted by Crippen LogP contribution is 2.41. The monoisotopic (exact) mass is 568 g/mol. The Hall–Kier alpha value is -4.13. The van der Waals surface area contributed by atoms with Gasteiger partial charge in [0.2, 0.25) is 0 Å². The number of benzene rings is 4. The zero-order chi connectivity index (χ0) is 27.7. The third kappa shape index (κ3) is 5.46. The van der Waals surface area contributed by atoms with Crippen LogP contribution in [-0.2, 0) is 6.18 Å². The van der Waals surface area contributed by atoms with E-state index in [1.165, 1.54) is 32.3 Å². The minimum Gasteiger partial charge on any atom is -0.497 e. The molecular formula is C34H23F3OS2. The molecule has 0 spiro atoms. The van der Waals surface area contributed by atoms with E-state index in [1.807, 2.05) is 36.4 Å². The molecule has 0 fully saturated rings. The molecule has 198 valence electrons. The van der Waals surface area contributed by atoms with E-state index in [1.54, 1.807) is 29.8 Å². The van der Waals surface area contributed by atoms with Gasteiger partial charge in [0.15, 0.2) is 0 Å². The number of rotatable bonds is 6. The topological polar surface area (TPSA) is 9.23 Å². The molecule has 0 N–H and O–H groups in total. The SMILES string of the molecule is COc1ccc(-c2ccc(-c3ccc(-c4ccc(-c5ccc(-c6ccc(C(F)(F)F)cc6)cc5)s4)s3)cc2)cc1. The average Bonchev–Trinajstić information content (AvgIpc) is 3.68. The molecule has 6 heteroatoms. The highest BCUT2D eigenvalue weighted by molar-refractivity contribution is 7.25. The molecule has 0 bridgehead atoms. The van der Waals surface area contributed by atoms with Gasteiger partial charge in [0.1, 0.15) is 5.75 Å². The Labute approximate surface area is 238 Å². The van der Waals surface area contributed by atoms with Crippen molar-refractivity contribution < 1.29 is 17.9 Å². The highest BCUT2D eigenvalue weighted by atomic mass is 32.1. The summed E-state index contributed by atoms with van der Waals surface area (Å²) in [4.78, 5) is 4.78. The second-order valence-corrected chi connectivity index (χ2v) is 11.5. The van der Waals surface area contributed by atoms with Gasteiger partial charge in [-0.2, -0.15) is 13.2 Å². The van der Waals surface area contributed by atoms with Crippen LogP contribution in [0.3, 0.4) is 0 Å². The molecule has 4 aromatic carbocycles. The Kier molecular flexibility index (Phi) is 7.05. The van der Waals surface area contributed by atoms with E-state index in [0.29, 0.717) is 0 Å². The molecule has 2 heterocycles. The van der Waals surface area contributed by atoms with E-state index in [9.17, 15) is 13.2 Å². The summed E-state index contributed by atoms with van der Waals surface area (Å²) in [5, 5.41) is 0. The maximum absolute atomic E-state index is 12.9. The van der Waals surface area contributed by atoms with Gasteiger partial charge < -0.3 is 4.74 Å². The lowest BCUT2D eigenvalue weighted by atomic mass is 10.0. The Bertz CT molecular complexity index is 1730. The first-order valence-corrected chi connectivity index (χ1v) is 14.2. The number of hydrogen-bond donors (Lipinski definition) is 0. The van der Waals surface area contributed by atoms with Crippen LogP contribution in [0.5, 0.6) is 5.75 Å². The quantitative estimate of drug-likeness (QED) is 0.194. The molecule has 6 aromatic rings. The summed E-state index contributed by atoms with van der Waals surface area (Å²) in [6, 6.07) is 38.5. The van der Waals surface area contributed by atoms with Gasteiger partial charge >= 0.3 is 6.18 Å². The van der Waals surface area contributed by atoms with Crippen molar-refractivity contribution in [3.63, 3.8) is 0 Å². The van der Waals surface area contributed by atoms with Crippen LogP contribution in [0.4, 0.5) is 13.2 Å². The molecule has 0 unspecified atom stereocenters. The normalized spacial score (nSPS) is 11.5. The van der Waals surface area contributed by atoms with Gasteiger partial charge in [-0.25, -0.2) is 0 Å². The van der Waals surface area contributed by atoms with Gasteiger partial charge in [0.25, 0.3) is 0 Å². The predicted molar refractivity (Wildman–Crippen MR) is 161 cm³/mol. The number of methoxy groups -OCH3 is 1. The number of ether oxygens (including phenoxy) is 1. The van der Waals surface area contributed by atoms with Crippen LogP contribution >= 0.6 is 22.7 Å². The zero-order valence-electron chi connectivity index (χ0n) is 21.4. The Balaban J connectivity index is 1.16. The van der Waals surface area contributed by atoms with Crippen LogP contribution in [0.15, 0.2) is 121 Å². The minimum absolute atomic E-state index is 0.638. The third-order valence-corrected chi connectivity index (χ3v) is 9.23. The van der Waals surface area contributed by atoms with Crippen molar-refractivity contribution >= 4 is 22.7 Å². The second-order valence-electron chi connectivity index (χ2n) is 9.29. The summed E-state index contributed by atoms with van der Waals surface area (Å²) in [5.74, 6) is 0.846. The number of halogens is 3. The summed E-state index contributed by atoms with van der Waals surface area (Å²) in [7, 11) is 1.67. The molecule has 40 heavy (non-hydrogen) atoms. The van der Waals surface area contributed by atoms with Crippen LogP contribution in [0.2, 0.25) is 0 Å². The summed E-state index contributed by atoms with van der Waals surface area (Å²) in [6.45, 7) is 0. The fourth-order valence-electron chi connectivity index (χ4n) is 4.54. The second kappa shape index (κ2) is 10.8. The lowest BCUT2D eigenvalue weighted by molar-refractivity contribution is -0.137. The van der Waals surface area contributed by atoms with Crippen LogP contribution in [-0.4, -0.2) is 7.11 Å². The van der Waals surface area contributed by atoms with Crippen LogP contribution in [0, 0.1) is 0 Å². The van der Waals surface area contributed by atoms with Crippen molar-refractivity contribution in [2.45, 2.75) is 6.18 Å². The van der Waals surface area contributed by atoms with Crippen molar-refractivity contribution in [2.75, 3.05) is 7.11 Å². The molecule has 6 rings (SSSR count). The molecular weight excluding hydrogens is 546 g/mol. The Morgan fingerprint density at radius 3 is 1.12 bits per heavy atom. The van der Waals surface area contributed by atoms with E-state index < -0.39 is 11.7 Å². The molecule has 0 aliphatic rings. The first-order valence-electron chi connectivity index (χ1n) is 12.6. The van der Waals surface area contributed by atoms with Gasteiger partial charge in [0, 0.05) is 19.5 Å². The standard InChI is InChI=1S/C34H23F3OS2/c1-38-29-16-12-25(13-17-29)23-4-8-27(9-5-23)31-19-21-33(40-31)32-20-18-30(39-32)26-6-2-22(3-7-26)24-10-14-28(15-11-24)34(35,36)37/h2-21H,1H3. The fourth-order valence-corrected chi connectivity index (χ4v) is 6.65. The first kappa shape index (κ1) is 26.1. The van der Waals surface area contributed by atoms with Gasteiger partial charge in [0.05, 0.1) is 12.7 Å². The molecule has 0 radical (unpaired) electrons. The number of alkyl halides is 3. The van der Waals surface area contributed by atoms with Gasteiger partial charge in [-0.15, -0.1) is 22.7 Å². The molecule has 1 nitrogen and oxygen atoms in total. The van der Waals surface area contributed by atoms with Gasteiger partial charge in [-0.1, -0.05) is 72.8 Å². The molecule has 0 saturated heterocycles. The van der Waals surface area contributed by atoms with E-state index in [0.717, 1.165) is 50.6 Å². The van der Waals surface area contributed by atoms with E-state index in [2.05, 4.69) is 60.7 Å².